The number of hydrogen-bond acceptors (Lipinski definition) is 6. The summed E-state index contributed by atoms with van der Waals surface area (Å²) in [5, 5.41) is 8.95. The highest BCUT2D eigenvalue weighted by Gasteiger charge is 2.35. The van der Waals surface area contributed by atoms with Crippen LogP contribution >= 0.6 is 0 Å². The van der Waals surface area contributed by atoms with E-state index in [0.717, 1.165) is 60.8 Å². The second-order valence-corrected chi connectivity index (χ2v) is 9.21. The fraction of sp³-hybridized carbons (Fsp3) is 0.500. The Morgan fingerprint density at radius 2 is 1.64 bits per heavy atom. The van der Waals surface area contributed by atoms with Crippen LogP contribution in [0.2, 0.25) is 0 Å². The molecule has 232 valence electrons. The number of aromatic nitrogens is 3. The number of hydrogen-bond donors (Lipinski definition) is 2. The number of alkyl halides is 3. The Morgan fingerprint density at radius 1 is 1.00 bits per heavy atom. The van der Waals surface area contributed by atoms with Crippen molar-refractivity contribution in [3.05, 3.63) is 82.9 Å². The van der Waals surface area contributed by atoms with Crippen LogP contribution in [0.3, 0.4) is 0 Å². The third-order valence-electron chi connectivity index (χ3n) is 5.99. The summed E-state index contributed by atoms with van der Waals surface area (Å²) in [4.78, 5) is 11.9. The van der Waals surface area contributed by atoms with E-state index in [1.165, 1.54) is 12.3 Å². The SMILES string of the molecule is CC.CCCCc1ccc(NNC(C)C(F)(F)F)cn1.CCc1cc(C)c(C(C#N)CC)cc1F.Cc1ncccn1. The third-order valence-corrected chi connectivity index (χ3v) is 5.99. The van der Waals surface area contributed by atoms with Gasteiger partial charge in [0, 0.05) is 18.1 Å². The van der Waals surface area contributed by atoms with E-state index in [9.17, 15) is 17.6 Å². The Labute approximate surface area is 249 Å². The molecular weight excluding hydrogens is 544 g/mol. The summed E-state index contributed by atoms with van der Waals surface area (Å²) in [6.07, 6.45) is 5.17. The molecule has 2 heterocycles. The molecule has 1 aromatic carbocycles. The van der Waals surface area contributed by atoms with Gasteiger partial charge in [-0.25, -0.2) is 19.8 Å². The number of nitrogens with zero attached hydrogens (tertiary/aromatic N) is 4. The van der Waals surface area contributed by atoms with Crippen LogP contribution in [0.4, 0.5) is 23.2 Å². The average Bonchev–Trinajstić information content (AvgIpc) is 2.99. The summed E-state index contributed by atoms with van der Waals surface area (Å²) >= 11 is 0. The lowest BCUT2D eigenvalue weighted by atomic mass is 9.92. The van der Waals surface area contributed by atoms with Crippen LogP contribution < -0.4 is 10.9 Å². The van der Waals surface area contributed by atoms with Gasteiger partial charge in [-0.3, -0.25) is 4.98 Å². The first-order chi connectivity index (χ1) is 20.0. The number of nitrogens with one attached hydrogen (secondary N) is 2. The zero-order chi connectivity index (χ0) is 32.1. The molecule has 2 aromatic heterocycles. The van der Waals surface area contributed by atoms with Gasteiger partial charge in [0.15, 0.2) is 0 Å². The highest BCUT2D eigenvalue weighted by Crippen LogP contribution is 2.25. The molecule has 0 saturated carbocycles. The number of hydrazine groups is 1. The molecule has 0 fully saturated rings. The summed E-state index contributed by atoms with van der Waals surface area (Å²) in [5.74, 6) is 0.444. The van der Waals surface area contributed by atoms with Crippen molar-refractivity contribution < 1.29 is 17.6 Å². The van der Waals surface area contributed by atoms with Gasteiger partial charge in [-0.2, -0.15) is 18.4 Å². The van der Waals surface area contributed by atoms with Crippen molar-refractivity contribution in [2.45, 2.75) is 106 Å². The van der Waals surface area contributed by atoms with E-state index in [4.69, 9.17) is 5.26 Å². The molecule has 0 aliphatic rings. The van der Waals surface area contributed by atoms with Crippen molar-refractivity contribution in [2.24, 2.45) is 0 Å². The molecule has 6 nitrogen and oxygen atoms in total. The van der Waals surface area contributed by atoms with Crippen molar-refractivity contribution in [3.8, 4) is 6.07 Å². The van der Waals surface area contributed by atoms with Gasteiger partial charge in [-0.15, -0.1) is 0 Å². The highest BCUT2D eigenvalue weighted by atomic mass is 19.4. The minimum absolute atomic E-state index is 0.188. The lowest BCUT2D eigenvalue weighted by Crippen LogP contribution is -2.42. The molecule has 0 aliphatic heterocycles. The smallest absolute Gasteiger partial charge is 0.319 e. The Balaban J connectivity index is 0.000000628. The number of pyridine rings is 1. The van der Waals surface area contributed by atoms with Crippen LogP contribution in [0.25, 0.3) is 0 Å². The Hall–Kier alpha value is -3.58. The van der Waals surface area contributed by atoms with Gasteiger partial charge in [0.1, 0.15) is 17.7 Å². The fourth-order valence-electron chi connectivity index (χ4n) is 3.44. The highest BCUT2D eigenvalue weighted by molar-refractivity contribution is 5.40. The average molecular weight is 591 g/mol. The maximum absolute atomic E-state index is 13.6. The second-order valence-electron chi connectivity index (χ2n) is 9.21. The number of rotatable bonds is 9. The summed E-state index contributed by atoms with van der Waals surface area (Å²) in [6.45, 7) is 14.8. The Kier molecular flexibility index (Phi) is 19.4. The number of halogens is 4. The van der Waals surface area contributed by atoms with Crippen LogP contribution in [-0.4, -0.2) is 27.2 Å². The molecule has 0 amide bonds. The van der Waals surface area contributed by atoms with Gasteiger partial charge < -0.3 is 5.43 Å². The molecule has 2 atom stereocenters. The van der Waals surface area contributed by atoms with E-state index in [0.29, 0.717) is 12.1 Å². The Bertz CT molecular complexity index is 1160. The lowest BCUT2D eigenvalue weighted by molar-refractivity contribution is -0.150. The van der Waals surface area contributed by atoms with Crippen molar-refractivity contribution in [2.75, 3.05) is 5.43 Å². The maximum Gasteiger partial charge on any atom is 0.405 e. The number of nitriles is 1. The normalized spacial score (nSPS) is 11.7. The van der Waals surface area contributed by atoms with E-state index in [-0.39, 0.29) is 11.7 Å². The minimum atomic E-state index is -4.26. The standard InChI is InChI=1S/C13H16FN.C12H18F3N3.C5H6N2.C2H6/c1-4-10-6-9(3)12(7-13(10)14)11(5-2)8-15;1-3-4-5-10-6-7-11(8-16-10)18-17-9(2)12(13,14)15;1-5-6-3-2-4-7-5;1-2/h6-7,11H,4-5H2,1-3H3;6-9,17-18H,3-5H2,1-2H3;2-4H,1H3;1-2H3. The number of benzene rings is 1. The van der Waals surface area contributed by atoms with Crippen molar-refractivity contribution in [3.63, 3.8) is 0 Å². The molecule has 0 aliphatic carbocycles. The molecule has 0 saturated heterocycles. The lowest BCUT2D eigenvalue weighted by Gasteiger charge is -2.18. The minimum Gasteiger partial charge on any atom is -0.319 e. The number of aryl methyl sites for hydroxylation is 4. The fourth-order valence-corrected chi connectivity index (χ4v) is 3.44. The largest absolute Gasteiger partial charge is 0.405 e. The van der Waals surface area contributed by atoms with Gasteiger partial charge in [0.05, 0.1) is 23.9 Å². The molecule has 3 aromatic rings. The van der Waals surface area contributed by atoms with Gasteiger partial charge in [0.2, 0.25) is 0 Å². The van der Waals surface area contributed by atoms with Crippen LogP contribution in [0.15, 0.2) is 48.9 Å². The number of anilines is 1. The van der Waals surface area contributed by atoms with E-state index < -0.39 is 12.2 Å². The second kappa shape index (κ2) is 21.2. The van der Waals surface area contributed by atoms with E-state index in [1.54, 1.807) is 24.5 Å². The molecule has 42 heavy (non-hydrogen) atoms. The molecule has 0 bridgehead atoms. The third kappa shape index (κ3) is 14.9. The molecule has 0 spiro atoms. The summed E-state index contributed by atoms with van der Waals surface area (Å²) in [6, 6.07) is 9.30. The molecule has 3 rings (SSSR count). The molecule has 10 heteroatoms. The Morgan fingerprint density at radius 3 is 2.07 bits per heavy atom. The van der Waals surface area contributed by atoms with Crippen molar-refractivity contribution in [1.82, 2.24) is 20.4 Å². The monoisotopic (exact) mass is 590 g/mol. The van der Waals surface area contributed by atoms with Gasteiger partial charge in [0.25, 0.3) is 0 Å². The molecular formula is C32H46F4N6. The zero-order valence-corrected chi connectivity index (χ0v) is 26.1. The maximum atomic E-state index is 13.6. The molecule has 2 unspecified atom stereocenters. The van der Waals surface area contributed by atoms with Gasteiger partial charge in [-0.05, 0) is 87.4 Å². The first-order valence-corrected chi connectivity index (χ1v) is 14.4. The molecule has 2 N–H and O–H groups in total. The van der Waals surface area contributed by atoms with Crippen molar-refractivity contribution in [1.29, 1.82) is 5.26 Å². The summed E-state index contributed by atoms with van der Waals surface area (Å²) < 4.78 is 50.3. The van der Waals surface area contributed by atoms with Crippen LogP contribution in [0.5, 0.6) is 0 Å². The van der Waals surface area contributed by atoms with E-state index >= 15 is 0 Å². The first-order valence-electron chi connectivity index (χ1n) is 14.4. The quantitative estimate of drug-likeness (QED) is 0.191. The first kappa shape index (κ1) is 38.4. The van der Waals surface area contributed by atoms with E-state index in [1.807, 2.05) is 53.7 Å². The summed E-state index contributed by atoms with van der Waals surface area (Å²) in [5.41, 5.74) is 8.73. The van der Waals surface area contributed by atoms with Crippen molar-refractivity contribution >= 4 is 5.69 Å². The number of unbranched alkanes of at least 4 members (excludes halogenated alkanes) is 1. The van der Waals surface area contributed by atoms with Crippen LogP contribution in [0, 0.1) is 31.0 Å². The predicted molar refractivity (Wildman–Crippen MR) is 162 cm³/mol. The zero-order valence-electron chi connectivity index (χ0n) is 26.1. The predicted octanol–water partition coefficient (Wildman–Crippen LogP) is 8.82. The van der Waals surface area contributed by atoms with Crippen LogP contribution in [-0.2, 0) is 12.8 Å². The van der Waals surface area contributed by atoms with Gasteiger partial charge >= 0.3 is 6.18 Å². The summed E-state index contributed by atoms with van der Waals surface area (Å²) in [7, 11) is 0. The van der Waals surface area contributed by atoms with Crippen LogP contribution in [0.1, 0.15) is 94.9 Å². The van der Waals surface area contributed by atoms with Gasteiger partial charge in [-0.1, -0.05) is 47.1 Å². The molecule has 0 radical (unpaired) electrons. The topological polar surface area (TPSA) is 86.5 Å². The van der Waals surface area contributed by atoms with E-state index in [2.05, 4.69) is 38.8 Å².